The van der Waals surface area contributed by atoms with E-state index in [0.29, 0.717) is 38.8 Å². The van der Waals surface area contributed by atoms with Crippen molar-refractivity contribution in [3.8, 4) is 17.1 Å². The molecule has 0 spiro atoms. The molecule has 9 nitrogen and oxygen atoms in total. The Bertz CT molecular complexity index is 1630. The second-order valence-corrected chi connectivity index (χ2v) is 7.80. The molecule has 3 heterocycles. The van der Waals surface area contributed by atoms with E-state index in [-0.39, 0.29) is 17.2 Å². The van der Waals surface area contributed by atoms with Crippen molar-refractivity contribution >= 4 is 50.9 Å². The van der Waals surface area contributed by atoms with Gasteiger partial charge in [0, 0.05) is 21.7 Å². The van der Waals surface area contributed by atoms with Gasteiger partial charge in [-0.05, 0) is 55.5 Å². The van der Waals surface area contributed by atoms with Gasteiger partial charge in [-0.25, -0.2) is 9.78 Å². The van der Waals surface area contributed by atoms with Crippen LogP contribution in [0.3, 0.4) is 0 Å². The first kappa shape index (κ1) is 20.5. The number of anilines is 2. The summed E-state index contributed by atoms with van der Waals surface area (Å²) in [6.07, 6.45) is 1.19. The summed E-state index contributed by atoms with van der Waals surface area (Å²) in [5.41, 5.74) is 8.93. The number of carbonyl (C=O) groups excluding carboxylic acids is 1. The Labute approximate surface area is 191 Å². The van der Waals surface area contributed by atoms with Gasteiger partial charge >= 0.3 is 0 Å². The first-order valence-electron chi connectivity index (χ1n) is 9.87. The Hall–Kier alpha value is -4.37. The average molecular weight is 461 g/mol. The van der Waals surface area contributed by atoms with Crippen molar-refractivity contribution in [2.45, 2.75) is 6.92 Å². The summed E-state index contributed by atoms with van der Waals surface area (Å²) < 4.78 is 7.74. The fraction of sp³-hybridized carbons (Fsp3) is 0.0435. The van der Waals surface area contributed by atoms with E-state index in [2.05, 4.69) is 27.2 Å². The quantitative estimate of drug-likeness (QED) is 0.344. The Morgan fingerprint density at radius 2 is 2.03 bits per heavy atom. The van der Waals surface area contributed by atoms with E-state index in [1.165, 1.54) is 6.08 Å². The van der Waals surface area contributed by atoms with Crippen LogP contribution in [0.15, 0.2) is 64.3 Å². The lowest BCUT2D eigenvalue weighted by Crippen LogP contribution is -2.10. The third-order valence-electron chi connectivity index (χ3n) is 5.31. The minimum Gasteiger partial charge on any atom is -0.454 e. The number of fused-ring (bicyclic) bond motifs is 2. The number of aromatic nitrogens is 4. The number of rotatable bonds is 4. The number of aryl methyl sites for hydroxylation is 1. The number of H-pyrrole nitrogens is 1. The normalized spacial score (nSPS) is 11.2. The summed E-state index contributed by atoms with van der Waals surface area (Å²) in [5.74, 6) is 0.270. The highest BCUT2D eigenvalue weighted by atomic mass is 35.5. The molecule has 2 aromatic carbocycles. The molecule has 4 N–H and O–H groups in total. The lowest BCUT2D eigenvalue weighted by atomic mass is 10.1. The predicted molar refractivity (Wildman–Crippen MR) is 128 cm³/mol. The molecule has 0 atom stereocenters. The Morgan fingerprint density at radius 1 is 1.27 bits per heavy atom. The van der Waals surface area contributed by atoms with E-state index in [9.17, 15) is 9.59 Å². The summed E-state index contributed by atoms with van der Waals surface area (Å²) >= 11 is 6.18. The molecule has 10 heteroatoms. The average Bonchev–Trinajstić information content (AvgIpc) is 3.36. The van der Waals surface area contributed by atoms with Crippen molar-refractivity contribution < 1.29 is 9.21 Å². The van der Waals surface area contributed by atoms with Crippen LogP contribution in [-0.2, 0) is 4.79 Å². The monoisotopic (exact) mass is 460 g/mol. The second-order valence-electron chi connectivity index (χ2n) is 7.36. The van der Waals surface area contributed by atoms with Crippen molar-refractivity contribution in [1.82, 2.24) is 20.0 Å². The topological polar surface area (TPSA) is 132 Å². The van der Waals surface area contributed by atoms with Gasteiger partial charge in [0.2, 0.25) is 5.91 Å². The minimum absolute atomic E-state index is 0.110. The first-order valence-corrected chi connectivity index (χ1v) is 10.2. The molecular formula is C23H17ClN6O3. The maximum absolute atomic E-state index is 12.5. The molecule has 0 saturated heterocycles. The van der Waals surface area contributed by atoms with Crippen LogP contribution in [0, 0.1) is 6.92 Å². The third-order valence-corrected chi connectivity index (χ3v) is 5.55. The van der Waals surface area contributed by atoms with Crippen molar-refractivity contribution in [3.63, 3.8) is 0 Å². The smallest absolute Gasteiger partial charge is 0.292 e. The van der Waals surface area contributed by atoms with Crippen LogP contribution in [0.4, 0.5) is 11.5 Å². The second kappa shape index (κ2) is 7.64. The highest BCUT2D eigenvalue weighted by molar-refractivity contribution is 6.31. The lowest BCUT2D eigenvalue weighted by Gasteiger charge is -2.09. The molecule has 5 aromatic rings. The highest BCUT2D eigenvalue weighted by Gasteiger charge is 2.25. The van der Waals surface area contributed by atoms with Gasteiger partial charge in [0.05, 0.1) is 11.1 Å². The standard InChI is InChI=1S/C23H17ClN6O3/c1-3-17(31)26-13-5-7-14(8-6-13)30-20(18-19(29-30)23(32)28-27-22(18)25)21-11(2)15-10-12(24)4-9-16(15)33-21/h3-10H,1H2,2H3,(H2,25,27)(H,26,31)(H,28,32). The maximum atomic E-state index is 12.5. The fourth-order valence-corrected chi connectivity index (χ4v) is 3.91. The van der Waals surface area contributed by atoms with Gasteiger partial charge in [-0.1, -0.05) is 18.2 Å². The third kappa shape index (κ3) is 3.35. The Morgan fingerprint density at radius 3 is 2.76 bits per heavy atom. The number of nitrogen functional groups attached to an aromatic ring is 1. The summed E-state index contributed by atoms with van der Waals surface area (Å²) in [7, 11) is 0. The largest absolute Gasteiger partial charge is 0.454 e. The van der Waals surface area contributed by atoms with Gasteiger partial charge in [-0.3, -0.25) is 9.59 Å². The van der Waals surface area contributed by atoms with Gasteiger partial charge in [0.25, 0.3) is 5.56 Å². The summed E-state index contributed by atoms with van der Waals surface area (Å²) in [5, 5.41) is 15.3. The van der Waals surface area contributed by atoms with Gasteiger partial charge in [-0.2, -0.15) is 10.2 Å². The van der Waals surface area contributed by atoms with Crippen LogP contribution in [-0.4, -0.2) is 25.9 Å². The first-order chi connectivity index (χ1) is 15.9. The number of hydrogen-bond acceptors (Lipinski definition) is 6. The molecular weight excluding hydrogens is 444 g/mol. The highest BCUT2D eigenvalue weighted by Crippen LogP contribution is 2.39. The molecule has 3 aromatic heterocycles. The predicted octanol–water partition coefficient (Wildman–Crippen LogP) is 4.19. The van der Waals surface area contributed by atoms with E-state index in [1.54, 1.807) is 41.1 Å². The molecule has 0 bridgehead atoms. The zero-order valence-electron chi connectivity index (χ0n) is 17.3. The minimum atomic E-state index is -0.481. The number of nitrogens with one attached hydrogen (secondary N) is 2. The van der Waals surface area contributed by atoms with Gasteiger partial charge in [0.15, 0.2) is 17.1 Å². The molecule has 0 radical (unpaired) electrons. The number of hydrogen-bond donors (Lipinski definition) is 3. The number of halogens is 1. The molecule has 164 valence electrons. The number of carbonyl (C=O) groups is 1. The van der Waals surface area contributed by atoms with Gasteiger partial charge in [-0.15, -0.1) is 0 Å². The van der Waals surface area contributed by atoms with Gasteiger partial charge < -0.3 is 15.5 Å². The van der Waals surface area contributed by atoms with Crippen molar-refractivity contribution in [2.75, 3.05) is 11.1 Å². The SMILES string of the molecule is C=CC(=O)Nc1ccc(-n2nc3c(=O)[nH]nc(N)c3c2-c2oc3ccc(Cl)cc3c2C)cc1. The summed E-state index contributed by atoms with van der Waals surface area (Å²) in [6, 6.07) is 12.3. The fourth-order valence-electron chi connectivity index (χ4n) is 3.73. The zero-order valence-corrected chi connectivity index (χ0v) is 18.1. The van der Waals surface area contributed by atoms with Crippen LogP contribution in [0.1, 0.15) is 5.56 Å². The van der Waals surface area contributed by atoms with E-state index < -0.39 is 5.56 Å². The number of nitrogens with zero attached hydrogens (tertiary/aromatic N) is 3. The summed E-state index contributed by atoms with van der Waals surface area (Å²) in [4.78, 5) is 24.1. The van der Waals surface area contributed by atoms with E-state index in [4.69, 9.17) is 21.8 Å². The molecule has 0 unspecified atom stereocenters. The number of nitrogens with two attached hydrogens (primary N) is 1. The molecule has 0 aliphatic heterocycles. The molecule has 0 aliphatic rings. The van der Waals surface area contributed by atoms with Crippen molar-refractivity contribution in [3.05, 3.63) is 76.1 Å². The van der Waals surface area contributed by atoms with Crippen LogP contribution in [0.25, 0.3) is 39.0 Å². The Balaban J connectivity index is 1.79. The molecule has 0 saturated carbocycles. The Kier molecular flexibility index (Phi) is 4.75. The van der Waals surface area contributed by atoms with Crippen LogP contribution in [0.5, 0.6) is 0 Å². The van der Waals surface area contributed by atoms with Crippen LogP contribution < -0.4 is 16.6 Å². The van der Waals surface area contributed by atoms with Crippen molar-refractivity contribution in [1.29, 1.82) is 0 Å². The number of furan rings is 1. The van der Waals surface area contributed by atoms with E-state index in [1.807, 2.05) is 13.0 Å². The molecule has 33 heavy (non-hydrogen) atoms. The molecule has 5 rings (SSSR count). The zero-order chi connectivity index (χ0) is 23.3. The van der Waals surface area contributed by atoms with E-state index in [0.717, 1.165) is 10.9 Å². The number of aromatic amines is 1. The molecule has 0 fully saturated rings. The number of benzene rings is 2. The van der Waals surface area contributed by atoms with Gasteiger partial charge in [0.1, 0.15) is 11.3 Å². The van der Waals surface area contributed by atoms with Crippen molar-refractivity contribution in [2.24, 2.45) is 0 Å². The molecule has 1 amide bonds. The lowest BCUT2D eigenvalue weighted by molar-refractivity contribution is -0.111. The molecule has 0 aliphatic carbocycles. The maximum Gasteiger partial charge on any atom is 0.292 e. The summed E-state index contributed by atoms with van der Waals surface area (Å²) in [6.45, 7) is 5.34. The van der Waals surface area contributed by atoms with Crippen LogP contribution in [0.2, 0.25) is 5.02 Å². The van der Waals surface area contributed by atoms with E-state index >= 15 is 0 Å². The van der Waals surface area contributed by atoms with Crippen LogP contribution >= 0.6 is 11.6 Å². The number of amides is 1.